The van der Waals surface area contributed by atoms with Gasteiger partial charge < -0.3 is 9.47 Å². The van der Waals surface area contributed by atoms with E-state index in [1.165, 1.54) is 0 Å². The van der Waals surface area contributed by atoms with Crippen molar-refractivity contribution in [3.63, 3.8) is 0 Å². The van der Waals surface area contributed by atoms with E-state index in [1.54, 1.807) is 19.2 Å². The molecule has 0 saturated heterocycles. The minimum atomic E-state index is -0.295. The number of methoxy groups -OCH3 is 1. The first-order valence-electron chi connectivity index (χ1n) is 6.47. The van der Waals surface area contributed by atoms with Crippen molar-refractivity contribution in [3.8, 4) is 11.5 Å². The average molecular weight is 262 g/mol. The molecule has 0 radical (unpaired) electrons. The molecule has 0 aliphatic heterocycles. The van der Waals surface area contributed by atoms with Gasteiger partial charge in [0.25, 0.3) is 0 Å². The highest BCUT2D eigenvalue weighted by molar-refractivity contribution is 5.73. The maximum Gasteiger partial charge on any atom is 0.311 e. The van der Waals surface area contributed by atoms with Crippen molar-refractivity contribution < 1.29 is 14.3 Å². The molecule has 19 heavy (non-hydrogen) atoms. The van der Waals surface area contributed by atoms with E-state index in [4.69, 9.17) is 9.47 Å². The summed E-state index contributed by atoms with van der Waals surface area (Å²) in [6.45, 7) is 9.83. The normalized spacial score (nSPS) is 10.9. The third-order valence-corrected chi connectivity index (χ3v) is 3.07. The highest BCUT2D eigenvalue weighted by Crippen LogP contribution is 2.35. The van der Waals surface area contributed by atoms with E-state index in [0.29, 0.717) is 12.2 Å². The molecule has 0 amide bonds. The molecule has 3 nitrogen and oxygen atoms in total. The van der Waals surface area contributed by atoms with Gasteiger partial charge in [-0.25, -0.2) is 0 Å². The molecular formula is C16H22O3. The number of esters is 1. The third-order valence-electron chi connectivity index (χ3n) is 3.07. The minimum Gasteiger partial charge on any atom is -0.497 e. The van der Waals surface area contributed by atoms with Gasteiger partial charge in [0.1, 0.15) is 11.5 Å². The summed E-state index contributed by atoms with van der Waals surface area (Å²) in [4.78, 5) is 11.7. The van der Waals surface area contributed by atoms with E-state index < -0.39 is 0 Å². The Kier molecular flexibility index (Phi) is 5.16. The molecule has 0 aromatic heterocycles. The van der Waals surface area contributed by atoms with Crippen LogP contribution in [0.4, 0.5) is 0 Å². The van der Waals surface area contributed by atoms with Crippen LogP contribution in [-0.2, 0) is 10.2 Å². The first-order valence-corrected chi connectivity index (χ1v) is 6.47. The van der Waals surface area contributed by atoms with Crippen LogP contribution in [0.3, 0.4) is 0 Å². The first kappa shape index (κ1) is 15.3. The number of hydrogen-bond acceptors (Lipinski definition) is 3. The monoisotopic (exact) mass is 262 g/mol. The molecule has 0 aliphatic rings. The number of benzene rings is 1. The van der Waals surface area contributed by atoms with E-state index in [1.807, 2.05) is 32.9 Å². The van der Waals surface area contributed by atoms with Crippen LogP contribution in [0.5, 0.6) is 11.5 Å². The van der Waals surface area contributed by atoms with E-state index in [-0.39, 0.29) is 11.4 Å². The zero-order valence-corrected chi connectivity index (χ0v) is 12.2. The van der Waals surface area contributed by atoms with E-state index >= 15 is 0 Å². The molecule has 3 heteroatoms. The summed E-state index contributed by atoms with van der Waals surface area (Å²) in [6, 6.07) is 5.44. The number of allylic oxidation sites excluding steroid dienone is 1. The van der Waals surface area contributed by atoms with Crippen LogP contribution < -0.4 is 9.47 Å². The lowest BCUT2D eigenvalue weighted by atomic mass is 9.84. The van der Waals surface area contributed by atoms with E-state index in [2.05, 4.69) is 6.58 Å². The predicted octanol–water partition coefficient (Wildman–Crippen LogP) is 3.86. The van der Waals surface area contributed by atoms with E-state index in [9.17, 15) is 4.79 Å². The van der Waals surface area contributed by atoms with Crippen molar-refractivity contribution in [1.82, 2.24) is 0 Å². The van der Waals surface area contributed by atoms with Gasteiger partial charge in [-0.2, -0.15) is 0 Å². The van der Waals surface area contributed by atoms with Crippen molar-refractivity contribution in [3.05, 3.63) is 36.4 Å². The molecule has 104 valence electrons. The lowest BCUT2D eigenvalue weighted by Gasteiger charge is -2.23. The standard InChI is InChI=1S/C16H22O3/c1-6-8-15(17)19-14-10-9-12(18-5)11-13(14)16(3,4)7-2/h7,9-11H,2,6,8H2,1,3-5H3. The van der Waals surface area contributed by atoms with Gasteiger partial charge in [0.2, 0.25) is 0 Å². The number of rotatable bonds is 6. The number of carbonyl (C=O) groups excluding carboxylic acids is 1. The molecule has 0 aliphatic carbocycles. The Labute approximate surface area is 115 Å². The van der Waals surface area contributed by atoms with Crippen LogP contribution in [0.2, 0.25) is 0 Å². The Morgan fingerprint density at radius 3 is 2.63 bits per heavy atom. The van der Waals surface area contributed by atoms with Crippen molar-refractivity contribution in [1.29, 1.82) is 0 Å². The van der Waals surface area contributed by atoms with Crippen molar-refractivity contribution >= 4 is 5.97 Å². The summed E-state index contributed by atoms with van der Waals surface area (Å²) in [5.74, 6) is 1.10. The van der Waals surface area contributed by atoms with Crippen LogP contribution in [0.1, 0.15) is 39.2 Å². The second kappa shape index (κ2) is 6.41. The fourth-order valence-corrected chi connectivity index (χ4v) is 1.72. The molecule has 0 spiro atoms. The Balaban J connectivity index is 3.16. The highest BCUT2D eigenvalue weighted by atomic mass is 16.5. The summed E-state index contributed by atoms with van der Waals surface area (Å²) < 4.78 is 10.7. The van der Waals surface area contributed by atoms with Gasteiger partial charge in [0.15, 0.2) is 0 Å². The van der Waals surface area contributed by atoms with Gasteiger partial charge in [-0.1, -0.05) is 26.8 Å². The minimum absolute atomic E-state index is 0.214. The highest BCUT2D eigenvalue weighted by Gasteiger charge is 2.23. The zero-order valence-electron chi connectivity index (χ0n) is 12.2. The summed E-state index contributed by atoms with van der Waals surface area (Å²) in [7, 11) is 1.61. The molecule has 0 atom stereocenters. The molecule has 0 saturated carbocycles. The number of hydrogen-bond donors (Lipinski definition) is 0. The molecule has 1 aromatic carbocycles. The Hall–Kier alpha value is -1.77. The fraction of sp³-hybridized carbons (Fsp3) is 0.438. The van der Waals surface area contributed by atoms with Gasteiger partial charge in [0, 0.05) is 17.4 Å². The summed E-state index contributed by atoms with van der Waals surface area (Å²) in [5.41, 5.74) is 0.599. The largest absolute Gasteiger partial charge is 0.497 e. The van der Waals surface area contributed by atoms with Crippen molar-refractivity contribution in [2.45, 2.75) is 39.0 Å². The van der Waals surface area contributed by atoms with Crippen molar-refractivity contribution in [2.75, 3.05) is 7.11 Å². The van der Waals surface area contributed by atoms with Gasteiger partial charge in [-0.15, -0.1) is 6.58 Å². The smallest absolute Gasteiger partial charge is 0.311 e. The number of ether oxygens (including phenoxy) is 2. The second-order valence-electron chi connectivity index (χ2n) is 5.01. The maximum atomic E-state index is 11.7. The summed E-state index contributed by atoms with van der Waals surface area (Å²) >= 11 is 0. The first-order chi connectivity index (χ1) is 8.94. The van der Waals surface area contributed by atoms with Crippen LogP contribution in [0.25, 0.3) is 0 Å². The fourth-order valence-electron chi connectivity index (χ4n) is 1.72. The molecule has 0 N–H and O–H groups in total. The molecular weight excluding hydrogens is 240 g/mol. The molecule has 1 rings (SSSR count). The van der Waals surface area contributed by atoms with Gasteiger partial charge in [0.05, 0.1) is 7.11 Å². The predicted molar refractivity (Wildman–Crippen MR) is 76.8 cm³/mol. The third kappa shape index (κ3) is 3.85. The molecule has 0 unspecified atom stereocenters. The average Bonchev–Trinajstić information content (AvgIpc) is 2.39. The molecule has 0 fully saturated rings. The Bertz CT molecular complexity index is 461. The van der Waals surface area contributed by atoms with Crippen LogP contribution >= 0.6 is 0 Å². The van der Waals surface area contributed by atoms with E-state index in [0.717, 1.165) is 17.7 Å². The Morgan fingerprint density at radius 1 is 1.42 bits per heavy atom. The quantitative estimate of drug-likeness (QED) is 0.443. The van der Waals surface area contributed by atoms with Crippen molar-refractivity contribution in [2.24, 2.45) is 0 Å². The Morgan fingerprint density at radius 2 is 2.11 bits per heavy atom. The van der Waals surface area contributed by atoms with Crippen LogP contribution in [0, 0.1) is 0 Å². The van der Waals surface area contributed by atoms with Gasteiger partial charge in [-0.05, 0) is 24.6 Å². The zero-order chi connectivity index (χ0) is 14.5. The topological polar surface area (TPSA) is 35.5 Å². The summed E-state index contributed by atoms with van der Waals surface area (Å²) in [5, 5.41) is 0. The van der Waals surface area contributed by atoms with Crippen LogP contribution in [0.15, 0.2) is 30.9 Å². The molecule has 0 heterocycles. The second-order valence-corrected chi connectivity index (χ2v) is 5.01. The van der Waals surface area contributed by atoms with Gasteiger partial charge in [-0.3, -0.25) is 4.79 Å². The maximum absolute atomic E-state index is 11.7. The van der Waals surface area contributed by atoms with Crippen LogP contribution in [-0.4, -0.2) is 13.1 Å². The van der Waals surface area contributed by atoms with Gasteiger partial charge >= 0.3 is 5.97 Å². The molecule has 1 aromatic rings. The number of carbonyl (C=O) groups is 1. The lowest BCUT2D eigenvalue weighted by molar-refractivity contribution is -0.134. The SMILES string of the molecule is C=CC(C)(C)c1cc(OC)ccc1OC(=O)CCC. The summed E-state index contributed by atoms with van der Waals surface area (Å²) in [6.07, 6.45) is 3.02. The lowest BCUT2D eigenvalue weighted by Crippen LogP contribution is -2.17. The molecule has 0 bridgehead atoms.